The quantitative estimate of drug-likeness (QED) is 0.311. The molecular formula is C30H40N4O3. The second-order valence-electron chi connectivity index (χ2n) is 10.4. The third-order valence-electron chi connectivity index (χ3n) is 7.12. The zero-order chi connectivity index (χ0) is 26.4. The number of nitrogens with zero attached hydrogens (tertiary/aromatic N) is 1. The van der Waals surface area contributed by atoms with Crippen LogP contribution in [0, 0.1) is 5.92 Å². The number of para-hydroxylation sites is 1. The molecule has 1 aromatic heterocycles. The molecule has 2 amide bonds. The van der Waals surface area contributed by atoms with Gasteiger partial charge in [0.15, 0.2) is 0 Å². The van der Waals surface area contributed by atoms with Gasteiger partial charge >= 0.3 is 0 Å². The fourth-order valence-corrected chi connectivity index (χ4v) is 4.67. The summed E-state index contributed by atoms with van der Waals surface area (Å²) < 4.78 is 5.78. The van der Waals surface area contributed by atoms with Crippen LogP contribution in [0.25, 0.3) is 10.9 Å². The molecule has 0 spiro atoms. The number of aromatic amines is 1. The van der Waals surface area contributed by atoms with E-state index in [9.17, 15) is 9.59 Å². The van der Waals surface area contributed by atoms with Gasteiger partial charge in [0, 0.05) is 17.4 Å². The summed E-state index contributed by atoms with van der Waals surface area (Å²) in [6.45, 7) is 5.48. The molecule has 1 unspecified atom stereocenters. The van der Waals surface area contributed by atoms with E-state index in [2.05, 4.69) is 20.5 Å². The van der Waals surface area contributed by atoms with Crippen LogP contribution in [0.4, 0.5) is 0 Å². The number of rotatable bonds is 13. The number of amides is 2. The predicted octanol–water partition coefficient (Wildman–Crippen LogP) is 4.84. The van der Waals surface area contributed by atoms with E-state index in [0.29, 0.717) is 24.6 Å². The molecule has 4 rings (SSSR count). The van der Waals surface area contributed by atoms with Crippen molar-refractivity contribution in [1.29, 1.82) is 0 Å². The number of carbonyl (C=O) groups is 2. The number of fused-ring (bicyclic) bond motifs is 1. The number of H-pyrrole nitrogens is 1. The van der Waals surface area contributed by atoms with Crippen LogP contribution in [0.15, 0.2) is 48.5 Å². The third-order valence-corrected chi connectivity index (χ3v) is 7.12. The summed E-state index contributed by atoms with van der Waals surface area (Å²) in [5, 5.41) is 7.22. The minimum Gasteiger partial charge on any atom is -0.492 e. The Labute approximate surface area is 220 Å². The molecule has 1 aliphatic carbocycles. The Morgan fingerprint density at radius 3 is 2.49 bits per heavy atom. The highest BCUT2D eigenvalue weighted by Gasteiger charge is 2.28. The van der Waals surface area contributed by atoms with Gasteiger partial charge < -0.3 is 25.3 Å². The lowest BCUT2D eigenvalue weighted by Crippen LogP contribution is -2.47. The first kappa shape index (κ1) is 26.7. The standard InChI is InChI=1S/C30H40N4O3/c1-5-24-25-8-6-7-9-26(25)32-28(24)30(36)33-27(17-12-21-10-11-21)29(35)31-20(2)22-13-15-23(16-14-22)37-19-18-34(3)4/h6-9,13-16,20-21,27,32H,5,10-12,17-19H2,1-4H3,(H,31,35)(H,33,36)/t20?,27-/m0/s1. The van der Waals surface area contributed by atoms with Crippen LogP contribution in [0.1, 0.15) is 67.2 Å². The molecule has 7 nitrogen and oxygen atoms in total. The van der Waals surface area contributed by atoms with Gasteiger partial charge in [0.25, 0.3) is 5.91 Å². The maximum absolute atomic E-state index is 13.4. The predicted molar refractivity (Wildman–Crippen MR) is 148 cm³/mol. The first-order valence-corrected chi connectivity index (χ1v) is 13.4. The molecule has 2 atom stereocenters. The van der Waals surface area contributed by atoms with Crippen LogP contribution in [0.2, 0.25) is 0 Å². The van der Waals surface area contributed by atoms with Crippen molar-refractivity contribution in [1.82, 2.24) is 20.5 Å². The summed E-state index contributed by atoms with van der Waals surface area (Å²) in [7, 11) is 4.03. The van der Waals surface area contributed by atoms with Gasteiger partial charge in [-0.1, -0.05) is 50.1 Å². The van der Waals surface area contributed by atoms with Crippen LogP contribution < -0.4 is 15.4 Å². The van der Waals surface area contributed by atoms with Crippen molar-refractivity contribution in [3.05, 3.63) is 65.4 Å². The molecule has 1 fully saturated rings. The topological polar surface area (TPSA) is 86.5 Å². The lowest BCUT2D eigenvalue weighted by molar-refractivity contribution is -0.123. The number of hydrogen-bond donors (Lipinski definition) is 3. The highest BCUT2D eigenvalue weighted by Crippen LogP contribution is 2.34. The lowest BCUT2D eigenvalue weighted by Gasteiger charge is -2.22. The Balaban J connectivity index is 1.41. The molecule has 37 heavy (non-hydrogen) atoms. The van der Waals surface area contributed by atoms with Gasteiger partial charge in [-0.3, -0.25) is 9.59 Å². The lowest BCUT2D eigenvalue weighted by atomic mass is 10.0. The van der Waals surface area contributed by atoms with Crippen molar-refractivity contribution in [3.63, 3.8) is 0 Å². The summed E-state index contributed by atoms with van der Waals surface area (Å²) in [4.78, 5) is 32.1. The van der Waals surface area contributed by atoms with Gasteiger partial charge in [-0.25, -0.2) is 0 Å². The van der Waals surface area contributed by atoms with E-state index >= 15 is 0 Å². The monoisotopic (exact) mass is 504 g/mol. The SMILES string of the molecule is CCc1c(C(=O)N[C@@H](CCC2CC2)C(=O)NC(C)c2ccc(OCCN(C)C)cc2)[nH]c2ccccc12. The smallest absolute Gasteiger partial charge is 0.268 e. The van der Waals surface area contributed by atoms with Gasteiger partial charge in [-0.05, 0) is 75.5 Å². The Bertz CT molecular complexity index is 1200. The molecule has 3 aromatic rings. The molecule has 1 aliphatic rings. The molecular weight excluding hydrogens is 464 g/mol. The van der Waals surface area contributed by atoms with Crippen molar-refractivity contribution >= 4 is 22.7 Å². The second-order valence-corrected chi connectivity index (χ2v) is 10.4. The number of likely N-dealkylation sites (N-methyl/N-ethyl adjacent to an activating group) is 1. The fraction of sp³-hybridized carbons (Fsp3) is 0.467. The molecule has 0 saturated heterocycles. The van der Waals surface area contributed by atoms with E-state index in [1.807, 2.05) is 76.5 Å². The van der Waals surface area contributed by atoms with Crippen LogP contribution in [-0.4, -0.2) is 55.0 Å². The normalized spacial score (nSPS) is 14.9. The highest BCUT2D eigenvalue weighted by molar-refractivity contribution is 6.02. The fourth-order valence-electron chi connectivity index (χ4n) is 4.67. The number of carbonyl (C=O) groups excluding carboxylic acids is 2. The van der Waals surface area contributed by atoms with Crippen molar-refractivity contribution in [2.75, 3.05) is 27.2 Å². The van der Waals surface area contributed by atoms with E-state index < -0.39 is 6.04 Å². The number of nitrogens with one attached hydrogen (secondary N) is 3. The van der Waals surface area contributed by atoms with Crippen LogP contribution >= 0.6 is 0 Å². The molecule has 0 aliphatic heterocycles. The number of hydrogen-bond acceptors (Lipinski definition) is 4. The maximum atomic E-state index is 13.4. The van der Waals surface area contributed by atoms with Gasteiger partial charge in [0.1, 0.15) is 24.1 Å². The zero-order valence-electron chi connectivity index (χ0n) is 22.5. The Hall–Kier alpha value is -3.32. The van der Waals surface area contributed by atoms with Crippen LogP contribution in [0.5, 0.6) is 5.75 Å². The Kier molecular flexibility index (Phi) is 8.87. The number of aryl methyl sites for hydroxylation is 1. The Morgan fingerprint density at radius 2 is 1.81 bits per heavy atom. The zero-order valence-corrected chi connectivity index (χ0v) is 22.5. The number of ether oxygens (including phenoxy) is 1. The summed E-state index contributed by atoms with van der Waals surface area (Å²) in [5.41, 5.74) is 3.46. The average Bonchev–Trinajstić information content (AvgIpc) is 3.64. The van der Waals surface area contributed by atoms with Crippen molar-refractivity contribution in [2.45, 2.75) is 58.0 Å². The van der Waals surface area contributed by atoms with Crippen LogP contribution in [0.3, 0.4) is 0 Å². The summed E-state index contributed by atoms with van der Waals surface area (Å²) in [5.74, 6) is 1.10. The first-order chi connectivity index (χ1) is 17.9. The molecule has 2 aromatic carbocycles. The second kappa shape index (κ2) is 12.3. The molecule has 7 heteroatoms. The van der Waals surface area contributed by atoms with Crippen molar-refractivity contribution in [3.8, 4) is 5.75 Å². The molecule has 1 heterocycles. The van der Waals surface area contributed by atoms with Gasteiger partial charge in [0.2, 0.25) is 5.91 Å². The van der Waals surface area contributed by atoms with E-state index in [1.54, 1.807) is 0 Å². The molecule has 0 radical (unpaired) electrons. The van der Waals surface area contributed by atoms with E-state index in [4.69, 9.17) is 4.74 Å². The summed E-state index contributed by atoms with van der Waals surface area (Å²) >= 11 is 0. The molecule has 198 valence electrons. The van der Waals surface area contributed by atoms with Crippen molar-refractivity contribution < 1.29 is 14.3 Å². The maximum Gasteiger partial charge on any atom is 0.268 e. The van der Waals surface area contributed by atoms with Gasteiger partial charge in [0.05, 0.1) is 6.04 Å². The molecule has 0 bridgehead atoms. The van der Waals surface area contributed by atoms with E-state index in [-0.39, 0.29) is 17.9 Å². The highest BCUT2D eigenvalue weighted by atomic mass is 16.5. The van der Waals surface area contributed by atoms with Crippen LogP contribution in [-0.2, 0) is 11.2 Å². The molecule has 1 saturated carbocycles. The molecule has 3 N–H and O–H groups in total. The number of benzene rings is 2. The third kappa shape index (κ3) is 7.13. The summed E-state index contributed by atoms with van der Waals surface area (Å²) in [6, 6.07) is 15.0. The Morgan fingerprint density at radius 1 is 1.08 bits per heavy atom. The minimum atomic E-state index is -0.583. The largest absolute Gasteiger partial charge is 0.492 e. The minimum absolute atomic E-state index is 0.151. The average molecular weight is 505 g/mol. The number of aromatic nitrogens is 1. The van der Waals surface area contributed by atoms with Crippen molar-refractivity contribution in [2.24, 2.45) is 5.92 Å². The van der Waals surface area contributed by atoms with E-state index in [0.717, 1.165) is 47.2 Å². The van der Waals surface area contributed by atoms with E-state index in [1.165, 1.54) is 12.8 Å². The van der Waals surface area contributed by atoms with Gasteiger partial charge in [-0.15, -0.1) is 0 Å². The van der Waals surface area contributed by atoms with Gasteiger partial charge in [-0.2, -0.15) is 0 Å². The summed E-state index contributed by atoms with van der Waals surface area (Å²) in [6.07, 6.45) is 4.74. The first-order valence-electron chi connectivity index (χ1n) is 13.4.